The molecule has 0 spiro atoms. The van der Waals surface area contributed by atoms with Crippen molar-refractivity contribution in [3.05, 3.63) is 12.7 Å². The number of rotatable bonds is 5. The van der Waals surface area contributed by atoms with Crippen molar-refractivity contribution in [1.29, 1.82) is 0 Å². The van der Waals surface area contributed by atoms with Crippen LogP contribution >= 0.6 is 0 Å². The van der Waals surface area contributed by atoms with E-state index in [9.17, 15) is 9.59 Å². The lowest BCUT2D eigenvalue weighted by atomic mass is 10.0. The summed E-state index contributed by atoms with van der Waals surface area (Å²) in [6.07, 6.45) is 1.59. The Kier molecular flexibility index (Phi) is 4.80. The van der Waals surface area contributed by atoms with E-state index in [1.54, 1.807) is 13.8 Å². The molecule has 0 fully saturated rings. The topological polar surface area (TPSA) is 66.4 Å². The number of hydrogen-bond donors (Lipinski definition) is 2. The molecule has 0 bridgehead atoms. The van der Waals surface area contributed by atoms with Gasteiger partial charge >= 0.3 is 5.97 Å². The molecule has 0 aliphatic carbocycles. The fourth-order valence-corrected chi connectivity index (χ4v) is 0.877. The van der Waals surface area contributed by atoms with Gasteiger partial charge in [0.2, 0.25) is 5.91 Å². The summed E-state index contributed by atoms with van der Waals surface area (Å²) in [5.41, 5.74) is 0. The standard InChI is InChI=1S/C9H15NO3/c1-4-5-7(11)10-8(6(2)3)9(12)13/h4,6,8H,1,5H2,2-3H3,(H,10,11)(H,12,13)/t8-/m1/s1. The summed E-state index contributed by atoms with van der Waals surface area (Å²) in [6.45, 7) is 6.88. The monoisotopic (exact) mass is 185 g/mol. The molecule has 0 rings (SSSR count). The third-order valence-corrected chi connectivity index (χ3v) is 1.58. The highest BCUT2D eigenvalue weighted by molar-refractivity contribution is 5.84. The normalized spacial score (nSPS) is 12.2. The van der Waals surface area contributed by atoms with Crippen LogP contribution in [0.3, 0.4) is 0 Å². The van der Waals surface area contributed by atoms with E-state index < -0.39 is 12.0 Å². The Morgan fingerprint density at radius 1 is 1.54 bits per heavy atom. The summed E-state index contributed by atoms with van der Waals surface area (Å²) < 4.78 is 0. The minimum Gasteiger partial charge on any atom is -0.480 e. The number of carboxylic acids is 1. The van der Waals surface area contributed by atoms with Gasteiger partial charge < -0.3 is 10.4 Å². The fourth-order valence-electron chi connectivity index (χ4n) is 0.877. The van der Waals surface area contributed by atoms with Crippen LogP contribution in [0.25, 0.3) is 0 Å². The largest absolute Gasteiger partial charge is 0.480 e. The molecule has 1 atom stereocenters. The highest BCUT2D eigenvalue weighted by Gasteiger charge is 2.22. The van der Waals surface area contributed by atoms with Crippen molar-refractivity contribution in [2.24, 2.45) is 5.92 Å². The van der Waals surface area contributed by atoms with Crippen LogP contribution in [0.4, 0.5) is 0 Å². The highest BCUT2D eigenvalue weighted by atomic mass is 16.4. The van der Waals surface area contributed by atoms with Crippen molar-refractivity contribution in [3.63, 3.8) is 0 Å². The Morgan fingerprint density at radius 2 is 2.08 bits per heavy atom. The number of nitrogens with one attached hydrogen (secondary N) is 1. The maximum Gasteiger partial charge on any atom is 0.326 e. The summed E-state index contributed by atoms with van der Waals surface area (Å²) >= 11 is 0. The zero-order valence-corrected chi connectivity index (χ0v) is 7.91. The van der Waals surface area contributed by atoms with Gasteiger partial charge in [0.25, 0.3) is 0 Å². The Bertz CT molecular complexity index is 211. The number of carbonyl (C=O) groups excluding carboxylic acids is 1. The molecule has 0 aromatic heterocycles. The van der Waals surface area contributed by atoms with Crippen LogP contribution in [0, 0.1) is 5.92 Å². The van der Waals surface area contributed by atoms with Crippen molar-refractivity contribution in [2.45, 2.75) is 26.3 Å². The predicted octanol–water partition coefficient (Wildman–Crippen LogP) is 0.788. The lowest BCUT2D eigenvalue weighted by Gasteiger charge is -2.17. The van der Waals surface area contributed by atoms with Crippen LogP contribution in [0.15, 0.2) is 12.7 Å². The van der Waals surface area contributed by atoms with Crippen molar-refractivity contribution in [2.75, 3.05) is 0 Å². The fraction of sp³-hybridized carbons (Fsp3) is 0.556. The molecule has 2 N–H and O–H groups in total. The summed E-state index contributed by atoms with van der Waals surface area (Å²) in [5.74, 6) is -1.44. The molecule has 0 saturated heterocycles. The van der Waals surface area contributed by atoms with Crippen LogP contribution < -0.4 is 5.32 Å². The summed E-state index contributed by atoms with van der Waals surface area (Å²) in [7, 11) is 0. The van der Waals surface area contributed by atoms with Gasteiger partial charge in [0.05, 0.1) is 0 Å². The summed E-state index contributed by atoms with van der Waals surface area (Å²) in [5, 5.41) is 11.1. The van der Waals surface area contributed by atoms with Gasteiger partial charge in [-0.25, -0.2) is 4.79 Å². The second-order valence-electron chi connectivity index (χ2n) is 3.12. The SMILES string of the molecule is C=CCC(=O)N[C@@H](C(=O)O)C(C)C. The highest BCUT2D eigenvalue weighted by Crippen LogP contribution is 2.01. The number of aliphatic carboxylic acids is 1. The van der Waals surface area contributed by atoms with Crippen LogP contribution in [-0.4, -0.2) is 23.0 Å². The molecule has 0 unspecified atom stereocenters. The van der Waals surface area contributed by atoms with Crippen molar-refractivity contribution in [3.8, 4) is 0 Å². The van der Waals surface area contributed by atoms with E-state index in [1.807, 2.05) is 0 Å². The van der Waals surface area contributed by atoms with Crippen molar-refractivity contribution in [1.82, 2.24) is 5.32 Å². The molecule has 0 radical (unpaired) electrons. The Morgan fingerprint density at radius 3 is 2.38 bits per heavy atom. The van der Waals surface area contributed by atoms with Crippen LogP contribution in [0.5, 0.6) is 0 Å². The quantitative estimate of drug-likeness (QED) is 0.622. The minimum absolute atomic E-state index is 0.119. The van der Waals surface area contributed by atoms with E-state index in [0.29, 0.717) is 0 Å². The molecule has 0 heterocycles. The zero-order chi connectivity index (χ0) is 10.4. The van der Waals surface area contributed by atoms with Gasteiger partial charge in [0.1, 0.15) is 6.04 Å². The molecule has 4 nitrogen and oxygen atoms in total. The molecular formula is C9H15NO3. The number of carboxylic acid groups (broad SMARTS) is 1. The van der Waals surface area contributed by atoms with E-state index in [4.69, 9.17) is 5.11 Å². The third kappa shape index (κ3) is 4.30. The van der Waals surface area contributed by atoms with Gasteiger partial charge in [-0.3, -0.25) is 4.79 Å². The Labute approximate surface area is 77.6 Å². The van der Waals surface area contributed by atoms with Crippen molar-refractivity contribution >= 4 is 11.9 Å². The Hall–Kier alpha value is -1.32. The number of carbonyl (C=O) groups is 2. The van der Waals surface area contributed by atoms with E-state index in [0.717, 1.165) is 0 Å². The van der Waals surface area contributed by atoms with E-state index in [2.05, 4.69) is 11.9 Å². The lowest BCUT2D eigenvalue weighted by molar-refractivity contribution is -0.143. The number of amides is 1. The van der Waals surface area contributed by atoms with Gasteiger partial charge in [-0.15, -0.1) is 6.58 Å². The molecule has 13 heavy (non-hydrogen) atoms. The van der Waals surface area contributed by atoms with E-state index in [1.165, 1.54) is 6.08 Å². The number of hydrogen-bond acceptors (Lipinski definition) is 2. The molecule has 0 aromatic rings. The Balaban J connectivity index is 4.18. The van der Waals surface area contributed by atoms with Gasteiger partial charge in [0, 0.05) is 6.42 Å². The average molecular weight is 185 g/mol. The second kappa shape index (κ2) is 5.35. The predicted molar refractivity (Wildman–Crippen MR) is 49.2 cm³/mol. The maximum absolute atomic E-state index is 11.0. The molecule has 4 heteroatoms. The third-order valence-electron chi connectivity index (χ3n) is 1.58. The average Bonchev–Trinajstić information content (AvgIpc) is 1.99. The van der Waals surface area contributed by atoms with Crippen LogP contribution in [-0.2, 0) is 9.59 Å². The molecular weight excluding hydrogens is 170 g/mol. The zero-order valence-electron chi connectivity index (χ0n) is 7.91. The molecule has 74 valence electrons. The molecule has 0 aromatic carbocycles. The first kappa shape index (κ1) is 11.7. The van der Waals surface area contributed by atoms with Crippen LogP contribution in [0.2, 0.25) is 0 Å². The summed E-state index contributed by atoms with van der Waals surface area (Å²) in [4.78, 5) is 21.7. The first-order valence-corrected chi connectivity index (χ1v) is 4.12. The second-order valence-corrected chi connectivity index (χ2v) is 3.12. The van der Waals surface area contributed by atoms with E-state index in [-0.39, 0.29) is 18.2 Å². The van der Waals surface area contributed by atoms with E-state index >= 15 is 0 Å². The molecule has 0 aliphatic rings. The smallest absolute Gasteiger partial charge is 0.326 e. The molecule has 0 aliphatic heterocycles. The molecule has 1 amide bonds. The van der Waals surface area contributed by atoms with Gasteiger partial charge in [-0.1, -0.05) is 19.9 Å². The first-order chi connectivity index (χ1) is 5.99. The van der Waals surface area contributed by atoms with Crippen LogP contribution in [0.1, 0.15) is 20.3 Å². The van der Waals surface area contributed by atoms with Gasteiger partial charge in [0.15, 0.2) is 0 Å². The van der Waals surface area contributed by atoms with Gasteiger partial charge in [-0.05, 0) is 5.92 Å². The summed E-state index contributed by atoms with van der Waals surface area (Å²) in [6, 6.07) is -0.813. The first-order valence-electron chi connectivity index (χ1n) is 4.12. The minimum atomic E-state index is -1.01. The van der Waals surface area contributed by atoms with Crippen molar-refractivity contribution < 1.29 is 14.7 Å². The maximum atomic E-state index is 11.0. The lowest BCUT2D eigenvalue weighted by Crippen LogP contribution is -2.44. The molecule has 0 saturated carbocycles. The van der Waals surface area contributed by atoms with Gasteiger partial charge in [-0.2, -0.15) is 0 Å².